The van der Waals surface area contributed by atoms with Gasteiger partial charge in [0.15, 0.2) is 18.0 Å². The van der Waals surface area contributed by atoms with E-state index in [9.17, 15) is 13.2 Å². The second-order valence-corrected chi connectivity index (χ2v) is 9.27. The van der Waals surface area contributed by atoms with Crippen molar-refractivity contribution in [1.29, 1.82) is 0 Å². The lowest BCUT2D eigenvalue weighted by molar-refractivity contribution is -0.697. The number of aromatic nitrogens is 2. The predicted octanol–water partition coefficient (Wildman–Crippen LogP) is 3.74. The summed E-state index contributed by atoms with van der Waals surface area (Å²) in [4.78, 5) is 15.0. The van der Waals surface area contributed by atoms with Crippen LogP contribution >= 0.6 is 11.6 Å². The number of oxazole rings is 1. The van der Waals surface area contributed by atoms with E-state index in [0.717, 1.165) is 24.9 Å². The van der Waals surface area contributed by atoms with Crippen LogP contribution in [0.2, 0.25) is 5.02 Å². The molecule has 0 amide bonds. The number of unbranched alkanes of at least 4 members (excludes halogenated alkanes) is 2. The third-order valence-electron chi connectivity index (χ3n) is 4.69. The molecule has 32 heavy (non-hydrogen) atoms. The fraction of sp³-hybridized carbons (Fsp3) is 0.381. The van der Waals surface area contributed by atoms with E-state index < -0.39 is 21.8 Å². The number of aryl methyl sites for hydroxylation is 1. The molecule has 0 atom stereocenters. The Hall–Kier alpha value is -2.69. The number of carboxylic acid groups (broad SMARTS) is 1. The largest absolute Gasteiger partial charge is 0.492 e. The summed E-state index contributed by atoms with van der Waals surface area (Å²) in [6.45, 7) is 0.863. The Morgan fingerprint density at radius 1 is 1.16 bits per heavy atom. The van der Waals surface area contributed by atoms with E-state index in [4.69, 9.17) is 30.4 Å². The quantitative estimate of drug-likeness (QED) is 0.226. The Balaban J connectivity index is 1.61. The lowest BCUT2D eigenvalue weighted by Gasteiger charge is -2.06. The maximum absolute atomic E-state index is 10.8. The molecule has 3 rings (SSSR count). The third kappa shape index (κ3) is 7.18. The Morgan fingerprint density at radius 2 is 1.91 bits per heavy atom. The Kier molecular flexibility index (Phi) is 8.05. The predicted molar refractivity (Wildman–Crippen MR) is 117 cm³/mol. The zero-order chi connectivity index (χ0) is 23.1. The maximum atomic E-state index is 10.8. The standard InChI is InChI=1S/C21H23ClN2O7S/c22-16-13-17-19(14-18(16)30-11-4-12-32(27,28)29)31-21(23-17)15-6-9-24(10-7-15)8-3-1-2-5-20(25)26/h6-7,9-10,13-14H,1-5,8,11-12H2,(H-,25,26,27,28,29)/p+1. The summed E-state index contributed by atoms with van der Waals surface area (Å²) < 4.78 is 43.7. The van der Waals surface area contributed by atoms with Crippen molar-refractivity contribution in [3.8, 4) is 17.2 Å². The molecule has 0 aliphatic carbocycles. The van der Waals surface area contributed by atoms with Crippen LogP contribution in [0.3, 0.4) is 0 Å². The lowest BCUT2D eigenvalue weighted by atomic mass is 10.2. The van der Waals surface area contributed by atoms with E-state index in [1.807, 2.05) is 29.1 Å². The Bertz CT molecular complexity index is 1180. The van der Waals surface area contributed by atoms with Crippen LogP contribution in [-0.4, -0.2) is 41.4 Å². The van der Waals surface area contributed by atoms with Gasteiger partial charge in [0.1, 0.15) is 17.8 Å². The van der Waals surface area contributed by atoms with Crippen molar-refractivity contribution in [3.05, 3.63) is 41.7 Å². The van der Waals surface area contributed by atoms with Crippen molar-refractivity contribution < 1.29 is 36.6 Å². The molecular formula is C21H24ClN2O7S+. The molecule has 2 N–H and O–H groups in total. The number of hydrogen-bond donors (Lipinski definition) is 2. The highest BCUT2D eigenvalue weighted by Crippen LogP contribution is 2.32. The van der Waals surface area contributed by atoms with E-state index in [1.54, 1.807) is 12.1 Å². The average molecular weight is 484 g/mol. The van der Waals surface area contributed by atoms with E-state index in [-0.39, 0.29) is 19.4 Å². The van der Waals surface area contributed by atoms with Crippen molar-refractivity contribution in [2.45, 2.75) is 38.6 Å². The Labute approximate surface area is 190 Å². The fourth-order valence-electron chi connectivity index (χ4n) is 3.08. The van der Waals surface area contributed by atoms with Crippen molar-refractivity contribution in [1.82, 2.24) is 4.98 Å². The number of hydrogen-bond acceptors (Lipinski definition) is 6. The molecule has 0 aliphatic heterocycles. The van der Waals surface area contributed by atoms with Crippen LogP contribution in [0.25, 0.3) is 22.6 Å². The monoisotopic (exact) mass is 483 g/mol. The van der Waals surface area contributed by atoms with Crippen LogP contribution in [0.1, 0.15) is 32.1 Å². The van der Waals surface area contributed by atoms with Crippen LogP contribution in [0, 0.1) is 0 Å². The van der Waals surface area contributed by atoms with Gasteiger partial charge in [0.25, 0.3) is 10.1 Å². The van der Waals surface area contributed by atoms with Gasteiger partial charge in [-0.05, 0) is 25.3 Å². The number of carbonyl (C=O) groups is 1. The molecule has 2 heterocycles. The van der Waals surface area contributed by atoms with Crippen molar-refractivity contribution >= 4 is 38.8 Å². The van der Waals surface area contributed by atoms with E-state index >= 15 is 0 Å². The SMILES string of the molecule is O=C(O)CCCCC[n+]1ccc(-c2nc3cc(Cl)c(OCCCS(=O)(=O)O)cc3o2)cc1. The number of ether oxygens (including phenoxy) is 1. The highest BCUT2D eigenvalue weighted by Gasteiger charge is 2.14. The zero-order valence-corrected chi connectivity index (χ0v) is 18.8. The first kappa shape index (κ1) is 24.0. The molecule has 0 bridgehead atoms. The first-order valence-corrected chi connectivity index (χ1v) is 12.1. The zero-order valence-electron chi connectivity index (χ0n) is 17.2. The molecule has 3 aromatic rings. The molecule has 0 spiro atoms. The molecule has 1 aromatic carbocycles. The van der Waals surface area contributed by atoms with Crippen LogP contribution < -0.4 is 9.30 Å². The average Bonchev–Trinajstić information content (AvgIpc) is 3.13. The summed E-state index contributed by atoms with van der Waals surface area (Å²) in [7, 11) is -4.03. The molecule has 0 radical (unpaired) electrons. The van der Waals surface area contributed by atoms with Crippen LogP contribution in [0.15, 0.2) is 41.1 Å². The van der Waals surface area contributed by atoms with Gasteiger partial charge in [-0.3, -0.25) is 9.35 Å². The Morgan fingerprint density at radius 3 is 2.59 bits per heavy atom. The number of nitrogens with zero attached hydrogens (tertiary/aromatic N) is 2. The normalized spacial score (nSPS) is 11.7. The minimum absolute atomic E-state index is 0.0704. The fourth-order valence-corrected chi connectivity index (χ4v) is 3.78. The van der Waals surface area contributed by atoms with Crippen molar-refractivity contribution in [2.75, 3.05) is 12.4 Å². The minimum atomic E-state index is -4.03. The molecule has 11 heteroatoms. The number of pyridine rings is 1. The third-order valence-corrected chi connectivity index (χ3v) is 5.79. The van der Waals surface area contributed by atoms with Gasteiger partial charge in [-0.2, -0.15) is 8.42 Å². The van der Waals surface area contributed by atoms with Crippen molar-refractivity contribution in [2.24, 2.45) is 0 Å². The van der Waals surface area contributed by atoms with Gasteiger partial charge in [0.2, 0.25) is 5.89 Å². The molecule has 2 aromatic heterocycles. The summed E-state index contributed by atoms with van der Waals surface area (Å²) >= 11 is 6.23. The van der Waals surface area contributed by atoms with Gasteiger partial charge >= 0.3 is 5.97 Å². The van der Waals surface area contributed by atoms with Crippen LogP contribution in [0.5, 0.6) is 5.75 Å². The minimum Gasteiger partial charge on any atom is -0.492 e. The van der Waals surface area contributed by atoms with Gasteiger partial charge in [0, 0.05) is 36.6 Å². The van der Waals surface area contributed by atoms with E-state index in [0.29, 0.717) is 34.2 Å². The smallest absolute Gasteiger partial charge is 0.303 e. The summed E-state index contributed by atoms with van der Waals surface area (Å²) in [5.41, 5.74) is 1.82. The van der Waals surface area contributed by atoms with Gasteiger partial charge in [-0.25, -0.2) is 9.55 Å². The number of rotatable bonds is 12. The summed E-state index contributed by atoms with van der Waals surface area (Å²) in [6.07, 6.45) is 6.57. The molecule has 0 unspecified atom stereocenters. The van der Waals surface area contributed by atoms with E-state index in [2.05, 4.69) is 4.98 Å². The summed E-state index contributed by atoms with van der Waals surface area (Å²) in [5.74, 6) is -0.396. The number of aliphatic carboxylic acids is 1. The van der Waals surface area contributed by atoms with Crippen LogP contribution in [0.4, 0.5) is 0 Å². The molecule has 0 fully saturated rings. The second-order valence-electron chi connectivity index (χ2n) is 7.29. The molecule has 9 nitrogen and oxygen atoms in total. The topological polar surface area (TPSA) is 131 Å². The molecule has 0 aliphatic rings. The van der Waals surface area contributed by atoms with Gasteiger partial charge in [-0.15, -0.1) is 0 Å². The first-order valence-electron chi connectivity index (χ1n) is 10.1. The molecular weight excluding hydrogens is 460 g/mol. The molecule has 0 saturated heterocycles. The van der Waals surface area contributed by atoms with Gasteiger partial charge < -0.3 is 14.3 Å². The lowest BCUT2D eigenvalue weighted by Crippen LogP contribution is -2.32. The van der Waals surface area contributed by atoms with Crippen LogP contribution in [-0.2, 0) is 21.5 Å². The number of benzene rings is 1. The number of carboxylic acids is 1. The summed E-state index contributed by atoms with van der Waals surface area (Å²) in [5, 5.41) is 8.98. The van der Waals surface area contributed by atoms with Gasteiger partial charge in [0.05, 0.1) is 17.4 Å². The highest BCUT2D eigenvalue weighted by molar-refractivity contribution is 7.85. The molecule has 172 valence electrons. The van der Waals surface area contributed by atoms with E-state index in [1.165, 1.54) is 0 Å². The summed E-state index contributed by atoms with van der Waals surface area (Å²) in [6, 6.07) is 6.98. The second kappa shape index (κ2) is 10.8. The molecule has 0 saturated carbocycles. The first-order chi connectivity index (χ1) is 15.2. The maximum Gasteiger partial charge on any atom is 0.303 e. The van der Waals surface area contributed by atoms with Gasteiger partial charge in [-0.1, -0.05) is 11.6 Å². The number of halogens is 1. The van der Waals surface area contributed by atoms with Crippen molar-refractivity contribution in [3.63, 3.8) is 0 Å². The highest BCUT2D eigenvalue weighted by atomic mass is 35.5. The number of fused-ring (bicyclic) bond motifs is 1.